The number of methoxy groups -OCH3 is 1. The van der Waals surface area contributed by atoms with Crippen molar-refractivity contribution in [2.45, 2.75) is 19.4 Å². The number of hydrogen-bond donors (Lipinski definition) is 2. The third kappa shape index (κ3) is 5.54. The van der Waals surface area contributed by atoms with Gasteiger partial charge in [-0.1, -0.05) is 18.2 Å². The molecule has 0 unspecified atom stereocenters. The molecular weight excluding hydrogens is 342 g/mol. The Morgan fingerprint density at radius 1 is 1.00 bits per heavy atom. The number of nitrogens with zero attached hydrogens (tertiary/aromatic N) is 1. The fraction of sp³-hybridized carbons (Fsp3) is 0.381. The average Bonchev–Trinajstić information content (AvgIpc) is 2.96. The van der Waals surface area contributed by atoms with Crippen LogP contribution in [0.4, 0.5) is 0 Å². The molecule has 144 valence electrons. The van der Waals surface area contributed by atoms with Crippen molar-refractivity contribution in [1.29, 1.82) is 0 Å². The average molecular weight is 369 g/mol. The van der Waals surface area contributed by atoms with Gasteiger partial charge in [-0.15, -0.1) is 0 Å². The van der Waals surface area contributed by atoms with E-state index in [1.807, 2.05) is 30.3 Å². The monoisotopic (exact) mass is 369 g/mol. The molecule has 0 aliphatic carbocycles. The van der Waals surface area contributed by atoms with E-state index < -0.39 is 0 Å². The van der Waals surface area contributed by atoms with E-state index in [0.717, 1.165) is 48.2 Å². The summed E-state index contributed by atoms with van der Waals surface area (Å²) in [6, 6.07) is 14.2. The maximum Gasteiger partial charge on any atom is 0.191 e. The number of nitrogens with one attached hydrogen (secondary N) is 2. The second kappa shape index (κ2) is 9.71. The van der Waals surface area contributed by atoms with Crippen LogP contribution < -0.4 is 24.8 Å². The summed E-state index contributed by atoms with van der Waals surface area (Å²) >= 11 is 0. The summed E-state index contributed by atoms with van der Waals surface area (Å²) in [6.07, 6.45) is 1.82. The topological polar surface area (TPSA) is 64.1 Å². The van der Waals surface area contributed by atoms with E-state index in [0.29, 0.717) is 19.8 Å². The van der Waals surface area contributed by atoms with Crippen molar-refractivity contribution in [3.8, 4) is 17.2 Å². The molecule has 0 radical (unpaired) electrons. The minimum absolute atomic E-state index is 0.666. The van der Waals surface area contributed by atoms with Gasteiger partial charge in [-0.3, -0.25) is 4.99 Å². The van der Waals surface area contributed by atoms with Crippen LogP contribution in [0.2, 0.25) is 0 Å². The maximum absolute atomic E-state index is 5.75. The van der Waals surface area contributed by atoms with Gasteiger partial charge in [-0.2, -0.15) is 0 Å². The predicted octanol–water partition coefficient (Wildman–Crippen LogP) is 2.76. The molecule has 0 spiro atoms. The predicted molar refractivity (Wildman–Crippen MR) is 107 cm³/mol. The van der Waals surface area contributed by atoms with Gasteiger partial charge in [0.25, 0.3) is 0 Å². The fourth-order valence-corrected chi connectivity index (χ4v) is 2.84. The molecule has 6 nitrogen and oxygen atoms in total. The lowest BCUT2D eigenvalue weighted by atomic mass is 10.1. The Morgan fingerprint density at radius 3 is 2.48 bits per heavy atom. The van der Waals surface area contributed by atoms with Gasteiger partial charge in [0, 0.05) is 26.6 Å². The Bertz CT molecular complexity index is 760. The first-order valence-corrected chi connectivity index (χ1v) is 9.24. The highest BCUT2D eigenvalue weighted by Crippen LogP contribution is 2.30. The number of ether oxygens (including phenoxy) is 3. The van der Waals surface area contributed by atoms with Gasteiger partial charge in [0.2, 0.25) is 0 Å². The minimum Gasteiger partial charge on any atom is -0.497 e. The highest BCUT2D eigenvalue weighted by molar-refractivity contribution is 5.79. The summed E-state index contributed by atoms with van der Waals surface area (Å²) in [4.78, 5) is 4.28. The number of hydrogen-bond acceptors (Lipinski definition) is 4. The maximum atomic E-state index is 5.75. The Balaban J connectivity index is 1.46. The van der Waals surface area contributed by atoms with Crippen LogP contribution in [0.1, 0.15) is 17.5 Å². The number of aliphatic imine (C=N–C) groups is 1. The third-order valence-electron chi connectivity index (χ3n) is 4.36. The Kier molecular flexibility index (Phi) is 6.79. The van der Waals surface area contributed by atoms with Crippen LogP contribution in [0.25, 0.3) is 0 Å². The van der Waals surface area contributed by atoms with Gasteiger partial charge in [0.15, 0.2) is 17.5 Å². The lowest BCUT2D eigenvalue weighted by Gasteiger charge is -2.13. The summed E-state index contributed by atoms with van der Waals surface area (Å²) in [5.41, 5.74) is 2.37. The molecule has 2 N–H and O–H groups in total. The van der Waals surface area contributed by atoms with Crippen molar-refractivity contribution < 1.29 is 14.2 Å². The van der Waals surface area contributed by atoms with E-state index in [-0.39, 0.29) is 0 Å². The quantitative estimate of drug-likeness (QED) is 0.606. The number of benzene rings is 2. The molecule has 0 saturated heterocycles. The van der Waals surface area contributed by atoms with Crippen molar-refractivity contribution in [3.05, 3.63) is 53.6 Å². The summed E-state index contributed by atoms with van der Waals surface area (Å²) < 4.78 is 16.6. The van der Waals surface area contributed by atoms with Crippen molar-refractivity contribution >= 4 is 5.96 Å². The number of guanidine groups is 1. The van der Waals surface area contributed by atoms with Crippen LogP contribution in [-0.2, 0) is 13.0 Å². The summed E-state index contributed by atoms with van der Waals surface area (Å²) in [5, 5.41) is 6.68. The highest BCUT2D eigenvalue weighted by atomic mass is 16.5. The van der Waals surface area contributed by atoms with Gasteiger partial charge in [-0.05, 0) is 41.8 Å². The molecule has 0 bridgehead atoms. The first-order chi connectivity index (χ1) is 13.3. The molecule has 6 heteroatoms. The molecule has 0 saturated carbocycles. The summed E-state index contributed by atoms with van der Waals surface area (Å²) in [7, 11) is 3.45. The van der Waals surface area contributed by atoms with E-state index in [1.54, 1.807) is 14.2 Å². The Hall–Kier alpha value is -2.89. The molecule has 2 aromatic rings. The van der Waals surface area contributed by atoms with Crippen LogP contribution in [0.15, 0.2) is 47.5 Å². The fourth-order valence-electron chi connectivity index (χ4n) is 2.84. The zero-order valence-electron chi connectivity index (χ0n) is 16.0. The molecule has 27 heavy (non-hydrogen) atoms. The van der Waals surface area contributed by atoms with Crippen molar-refractivity contribution in [3.63, 3.8) is 0 Å². The van der Waals surface area contributed by atoms with Gasteiger partial charge in [-0.25, -0.2) is 0 Å². The lowest BCUT2D eigenvalue weighted by Crippen LogP contribution is -2.37. The molecule has 0 aromatic heterocycles. The van der Waals surface area contributed by atoms with Crippen LogP contribution >= 0.6 is 0 Å². The van der Waals surface area contributed by atoms with Crippen molar-refractivity contribution in [2.75, 3.05) is 33.9 Å². The van der Waals surface area contributed by atoms with Crippen LogP contribution in [0.5, 0.6) is 17.2 Å². The molecule has 1 aliphatic rings. The van der Waals surface area contributed by atoms with Crippen LogP contribution in [0, 0.1) is 0 Å². The highest BCUT2D eigenvalue weighted by Gasteiger charge is 2.10. The van der Waals surface area contributed by atoms with Gasteiger partial charge in [0.1, 0.15) is 5.75 Å². The van der Waals surface area contributed by atoms with E-state index in [4.69, 9.17) is 14.2 Å². The largest absolute Gasteiger partial charge is 0.497 e. The van der Waals surface area contributed by atoms with Crippen molar-refractivity contribution in [2.24, 2.45) is 4.99 Å². The van der Waals surface area contributed by atoms with E-state index in [1.165, 1.54) is 5.56 Å². The molecular formula is C21H27N3O3. The molecule has 0 fully saturated rings. The second-order valence-corrected chi connectivity index (χ2v) is 6.28. The Morgan fingerprint density at radius 2 is 1.74 bits per heavy atom. The zero-order chi connectivity index (χ0) is 18.9. The summed E-state index contributed by atoms with van der Waals surface area (Å²) in [6.45, 7) is 2.86. The van der Waals surface area contributed by atoms with E-state index in [9.17, 15) is 0 Å². The van der Waals surface area contributed by atoms with E-state index >= 15 is 0 Å². The van der Waals surface area contributed by atoms with E-state index in [2.05, 4.69) is 27.8 Å². The van der Waals surface area contributed by atoms with Crippen LogP contribution in [0.3, 0.4) is 0 Å². The smallest absolute Gasteiger partial charge is 0.191 e. The molecule has 0 atom stereocenters. The summed E-state index contributed by atoms with van der Waals surface area (Å²) in [5.74, 6) is 3.28. The van der Waals surface area contributed by atoms with Gasteiger partial charge < -0.3 is 24.8 Å². The SMILES string of the molecule is CN=C(NCCc1ccc(OC)cc1)NCc1ccc2c(c1)OCCCO2. The van der Waals surface area contributed by atoms with Gasteiger partial charge in [0.05, 0.1) is 20.3 Å². The van der Waals surface area contributed by atoms with Gasteiger partial charge >= 0.3 is 0 Å². The normalized spacial score (nSPS) is 13.6. The third-order valence-corrected chi connectivity index (χ3v) is 4.36. The molecule has 3 rings (SSSR count). The molecule has 2 aromatic carbocycles. The number of rotatable bonds is 6. The first kappa shape index (κ1) is 18.9. The van der Waals surface area contributed by atoms with Crippen molar-refractivity contribution in [1.82, 2.24) is 10.6 Å². The number of fused-ring (bicyclic) bond motifs is 1. The zero-order valence-corrected chi connectivity index (χ0v) is 16.0. The second-order valence-electron chi connectivity index (χ2n) is 6.28. The minimum atomic E-state index is 0.666. The Labute approximate surface area is 160 Å². The lowest BCUT2D eigenvalue weighted by molar-refractivity contribution is 0.297. The molecule has 0 amide bonds. The molecule has 1 heterocycles. The van der Waals surface area contributed by atoms with Crippen LogP contribution in [-0.4, -0.2) is 39.9 Å². The first-order valence-electron chi connectivity index (χ1n) is 9.24. The molecule has 1 aliphatic heterocycles. The standard InChI is InChI=1S/C21H27N3O3/c1-22-21(23-11-10-16-4-7-18(25-2)8-5-16)24-15-17-6-9-19-20(14-17)27-13-3-12-26-19/h4-9,14H,3,10-13,15H2,1-2H3,(H2,22,23,24).